The van der Waals surface area contributed by atoms with E-state index in [2.05, 4.69) is 14.7 Å². The molecule has 0 spiro atoms. The summed E-state index contributed by atoms with van der Waals surface area (Å²) in [4.78, 5) is 21.4. The van der Waals surface area contributed by atoms with Crippen molar-refractivity contribution < 1.29 is 22.5 Å². The fourth-order valence-corrected chi connectivity index (χ4v) is 3.68. The van der Waals surface area contributed by atoms with E-state index in [1.54, 1.807) is 29.1 Å². The Hall–Kier alpha value is -3.33. The third-order valence-corrected chi connectivity index (χ3v) is 5.90. The summed E-state index contributed by atoms with van der Waals surface area (Å²) in [6.07, 6.45) is 4.69. The van der Waals surface area contributed by atoms with E-state index in [1.165, 1.54) is 19.2 Å². The van der Waals surface area contributed by atoms with E-state index >= 15 is 0 Å². The van der Waals surface area contributed by atoms with Gasteiger partial charge >= 0.3 is 5.82 Å². The lowest BCUT2D eigenvalue weighted by Gasteiger charge is -2.15. The maximum atomic E-state index is 13.0. The van der Waals surface area contributed by atoms with Crippen LogP contribution in [0.5, 0.6) is 5.88 Å². The molecule has 0 saturated heterocycles. The molecule has 3 heterocycles. The Labute approximate surface area is 182 Å². The number of carbonyl (C=O) groups is 1. The van der Waals surface area contributed by atoms with Gasteiger partial charge in [0, 0.05) is 11.5 Å². The Balaban J connectivity index is 2.02. The highest BCUT2D eigenvalue weighted by molar-refractivity contribution is 7.90. The zero-order valence-electron chi connectivity index (χ0n) is 18.1. The zero-order chi connectivity index (χ0) is 22.8. The molecule has 0 aliphatic rings. The Kier molecular flexibility index (Phi) is 6.08. The molecule has 0 atom stereocenters. The number of hydrogen-bond acceptors (Lipinski definition) is 6. The van der Waals surface area contributed by atoms with E-state index in [0.29, 0.717) is 5.82 Å². The minimum absolute atomic E-state index is 0.131. The van der Waals surface area contributed by atoms with Crippen LogP contribution in [-0.4, -0.2) is 31.4 Å². The molecule has 31 heavy (non-hydrogen) atoms. The van der Waals surface area contributed by atoms with Crippen LogP contribution >= 0.6 is 0 Å². The summed E-state index contributed by atoms with van der Waals surface area (Å²) >= 11 is 0. The summed E-state index contributed by atoms with van der Waals surface area (Å²) < 4.78 is 34.1. The van der Waals surface area contributed by atoms with Crippen LogP contribution in [0.2, 0.25) is 0 Å². The van der Waals surface area contributed by atoms with Crippen molar-refractivity contribution in [1.82, 2.24) is 14.7 Å². The molecule has 162 valence electrons. The number of pyridine rings is 3. The van der Waals surface area contributed by atoms with Crippen LogP contribution < -0.4 is 14.0 Å². The van der Waals surface area contributed by atoms with Gasteiger partial charge in [-0.25, -0.2) is 22.7 Å². The van der Waals surface area contributed by atoms with Gasteiger partial charge in [0.15, 0.2) is 5.69 Å². The molecule has 3 rings (SSSR count). The molecule has 0 unspecified atom stereocenters. The predicted octanol–water partition coefficient (Wildman–Crippen LogP) is 2.49. The molecule has 8 nitrogen and oxygen atoms in total. The summed E-state index contributed by atoms with van der Waals surface area (Å²) in [6, 6.07) is 9.81. The Morgan fingerprint density at radius 2 is 1.74 bits per heavy atom. The van der Waals surface area contributed by atoms with Crippen LogP contribution in [0, 0.1) is 6.92 Å². The second-order valence-corrected chi connectivity index (χ2v) is 9.75. The maximum Gasteiger partial charge on any atom is 0.340 e. The normalized spacial score (nSPS) is 11.8. The first-order valence-corrected chi connectivity index (χ1v) is 11.1. The van der Waals surface area contributed by atoms with Crippen LogP contribution in [-0.2, 0) is 15.4 Å². The van der Waals surface area contributed by atoms with Crippen LogP contribution in [0.4, 0.5) is 0 Å². The first kappa shape index (κ1) is 22.4. The Morgan fingerprint density at radius 3 is 2.29 bits per heavy atom. The van der Waals surface area contributed by atoms with Crippen LogP contribution in [0.25, 0.3) is 5.82 Å². The Morgan fingerprint density at radius 1 is 1.06 bits per heavy atom. The van der Waals surface area contributed by atoms with Gasteiger partial charge in [-0.3, -0.25) is 4.79 Å². The average Bonchev–Trinajstić information content (AvgIpc) is 2.73. The highest BCUT2D eigenvalue weighted by Crippen LogP contribution is 2.22. The molecule has 0 fully saturated rings. The van der Waals surface area contributed by atoms with E-state index in [0.717, 1.165) is 17.5 Å². The van der Waals surface area contributed by atoms with Crippen LogP contribution in [0.1, 0.15) is 42.4 Å². The lowest BCUT2D eigenvalue weighted by molar-refractivity contribution is -0.600. The van der Waals surface area contributed by atoms with Crippen molar-refractivity contribution in [3.63, 3.8) is 0 Å². The second kappa shape index (κ2) is 8.43. The van der Waals surface area contributed by atoms with Crippen molar-refractivity contribution in [3.8, 4) is 11.7 Å². The zero-order valence-corrected chi connectivity index (χ0v) is 18.9. The number of nitrogens with one attached hydrogen (secondary N) is 1. The number of aryl methyl sites for hydroxylation is 1. The number of rotatable bonds is 5. The highest BCUT2D eigenvalue weighted by Gasteiger charge is 2.30. The third kappa shape index (κ3) is 5.05. The molecule has 3 aromatic heterocycles. The number of methoxy groups -OCH3 is 1. The SMILES string of the molecule is COc1ccc(S(=O)(=O)NC(=O)c2ccc(C(C)(C)C)nc2-[n+]2ccc(C)cc2)cn1. The van der Waals surface area contributed by atoms with Crippen molar-refractivity contribution >= 4 is 15.9 Å². The lowest BCUT2D eigenvalue weighted by atomic mass is 9.91. The predicted molar refractivity (Wildman–Crippen MR) is 115 cm³/mol. The number of aromatic nitrogens is 3. The molecule has 1 amide bonds. The van der Waals surface area contributed by atoms with Crippen molar-refractivity contribution in [2.45, 2.75) is 38.0 Å². The highest BCUT2D eigenvalue weighted by atomic mass is 32.2. The maximum absolute atomic E-state index is 13.0. The van der Waals surface area contributed by atoms with Crippen LogP contribution in [0.3, 0.4) is 0 Å². The summed E-state index contributed by atoms with van der Waals surface area (Å²) in [5.41, 5.74) is 1.70. The van der Waals surface area contributed by atoms with Gasteiger partial charge in [-0.2, -0.15) is 0 Å². The second-order valence-electron chi connectivity index (χ2n) is 8.07. The van der Waals surface area contributed by atoms with E-state index in [1.807, 2.05) is 39.8 Å². The lowest BCUT2D eigenvalue weighted by Crippen LogP contribution is -2.38. The van der Waals surface area contributed by atoms with Gasteiger partial charge < -0.3 is 4.74 Å². The monoisotopic (exact) mass is 441 g/mol. The molecule has 0 bridgehead atoms. The van der Waals surface area contributed by atoms with Gasteiger partial charge in [0.25, 0.3) is 15.9 Å². The van der Waals surface area contributed by atoms with Gasteiger partial charge in [0.2, 0.25) is 5.88 Å². The molecule has 9 heteroatoms. The summed E-state index contributed by atoms with van der Waals surface area (Å²) in [5, 5.41) is 0. The summed E-state index contributed by atoms with van der Waals surface area (Å²) in [6.45, 7) is 7.99. The topological polar surface area (TPSA) is 102 Å². The van der Waals surface area contributed by atoms with Crippen molar-refractivity contribution in [3.05, 3.63) is 71.8 Å². The molecular formula is C22H25N4O4S+. The molecule has 0 aliphatic heterocycles. The summed E-state index contributed by atoms with van der Waals surface area (Å²) in [7, 11) is -2.70. The van der Waals surface area contributed by atoms with Gasteiger partial charge in [0.05, 0.1) is 25.7 Å². The molecule has 1 N–H and O–H groups in total. The first-order valence-electron chi connectivity index (χ1n) is 9.58. The number of sulfonamides is 1. The van der Waals surface area contributed by atoms with E-state index < -0.39 is 15.9 Å². The smallest absolute Gasteiger partial charge is 0.340 e. The van der Waals surface area contributed by atoms with E-state index in [9.17, 15) is 13.2 Å². The van der Waals surface area contributed by atoms with Crippen molar-refractivity contribution in [2.75, 3.05) is 7.11 Å². The van der Waals surface area contributed by atoms with E-state index in [-0.39, 0.29) is 21.8 Å². The fraction of sp³-hybridized carbons (Fsp3) is 0.273. The van der Waals surface area contributed by atoms with Gasteiger partial charge in [-0.1, -0.05) is 20.8 Å². The first-order chi connectivity index (χ1) is 14.5. The number of ether oxygens (including phenoxy) is 1. The fourth-order valence-electron chi connectivity index (χ4n) is 2.76. The summed E-state index contributed by atoms with van der Waals surface area (Å²) in [5.74, 6) is -0.176. The largest absolute Gasteiger partial charge is 0.481 e. The number of nitrogens with zero attached hydrogens (tertiary/aromatic N) is 3. The average molecular weight is 442 g/mol. The van der Waals surface area contributed by atoms with E-state index in [4.69, 9.17) is 4.74 Å². The van der Waals surface area contributed by atoms with Crippen molar-refractivity contribution in [1.29, 1.82) is 0 Å². The molecule has 3 aromatic rings. The van der Waals surface area contributed by atoms with Gasteiger partial charge in [0.1, 0.15) is 10.5 Å². The quantitative estimate of drug-likeness (QED) is 0.611. The number of amides is 1. The molecule has 0 aromatic carbocycles. The van der Waals surface area contributed by atoms with Gasteiger partial charge in [-0.05, 0) is 47.8 Å². The number of carbonyl (C=O) groups excluding carboxylic acids is 1. The molecule has 0 radical (unpaired) electrons. The minimum atomic E-state index is -4.13. The Bertz CT molecular complexity index is 1200. The number of hydrogen-bond donors (Lipinski definition) is 1. The van der Waals surface area contributed by atoms with Crippen molar-refractivity contribution in [2.24, 2.45) is 0 Å². The molecule has 0 saturated carbocycles. The molecular weight excluding hydrogens is 416 g/mol. The third-order valence-electron chi connectivity index (χ3n) is 4.58. The molecule has 0 aliphatic carbocycles. The standard InChI is InChI=1S/C22H24N4O4S/c1-15-10-12-26(13-11-15)20-17(7-8-18(24-20)22(2,3)4)21(27)25-31(28,29)16-6-9-19(30-5)23-14-16/h6-14H,1-5H3/p+1. The van der Waals surface area contributed by atoms with Crippen LogP contribution in [0.15, 0.2) is 59.9 Å². The van der Waals surface area contributed by atoms with Gasteiger partial charge in [-0.15, -0.1) is 0 Å². The minimum Gasteiger partial charge on any atom is -0.481 e.